The molecule has 0 aliphatic carbocycles. The van der Waals surface area contributed by atoms with Gasteiger partial charge < -0.3 is 5.32 Å². The van der Waals surface area contributed by atoms with Crippen molar-refractivity contribution in [3.05, 3.63) is 29.8 Å². The lowest BCUT2D eigenvalue weighted by atomic mass is 10.0. The molecule has 1 aliphatic rings. The molecule has 1 fully saturated rings. The minimum absolute atomic E-state index is 0. The lowest BCUT2D eigenvalue weighted by molar-refractivity contribution is 0.376. The summed E-state index contributed by atoms with van der Waals surface area (Å²) < 4.78 is 26.9. The molecule has 2 rings (SSSR count). The molecular formula is C13H21ClN2O2S. The molecule has 0 saturated carbocycles. The number of benzene rings is 1. The summed E-state index contributed by atoms with van der Waals surface area (Å²) >= 11 is 0. The van der Waals surface area contributed by atoms with Gasteiger partial charge in [-0.2, -0.15) is 0 Å². The van der Waals surface area contributed by atoms with E-state index in [2.05, 4.69) is 10.0 Å². The molecule has 0 amide bonds. The summed E-state index contributed by atoms with van der Waals surface area (Å²) in [4.78, 5) is 0.353. The van der Waals surface area contributed by atoms with Gasteiger partial charge in [0.2, 0.25) is 10.0 Å². The summed E-state index contributed by atoms with van der Waals surface area (Å²) in [6.45, 7) is 4.35. The highest BCUT2D eigenvalue weighted by atomic mass is 35.5. The van der Waals surface area contributed by atoms with Crippen molar-refractivity contribution in [2.24, 2.45) is 5.92 Å². The number of rotatable bonds is 4. The maximum absolute atomic E-state index is 12.1. The van der Waals surface area contributed by atoms with Crippen molar-refractivity contribution in [1.82, 2.24) is 10.0 Å². The standard InChI is InChI=1S/C13H20N2O2S.ClH/c1-11-4-2-6-13(8-11)18(16,17)15-10-12-5-3-7-14-9-12;/h2,4,6,8,12,14-15H,3,5,7,9-10H2,1H3;1H. The fourth-order valence-corrected chi connectivity index (χ4v) is 3.41. The molecule has 1 unspecified atom stereocenters. The van der Waals surface area contributed by atoms with Crippen LogP contribution in [0.4, 0.5) is 0 Å². The zero-order valence-corrected chi connectivity index (χ0v) is 12.7. The van der Waals surface area contributed by atoms with Crippen LogP contribution < -0.4 is 10.0 Å². The van der Waals surface area contributed by atoms with Crippen LogP contribution in [0.1, 0.15) is 18.4 Å². The number of aryl methyl sites for hydroxylation is 1. The van der Waals surface area contributed by atoms with Crippen molar-refractivity contribution >= 4 is 22.4 Å². The Hall–Kier alpha value is -0.620. The van der Waals surface area contributed by atoms with Gasteiger partial charge in [-0.25, -0.2) is 13.1 Å². The first-order valence-corrected chi connectivity index (χ1v) is 7.83. The monoisotopic (exact) mass is 304 g/mol. The van der Waals surface area contributed by atoms with Crippen molar-refractivity contribution < 1.29 is 8.42 Å². The van der Waals surface area contributed by atoms with Crippen molar-refractivity contribution in [2.75, 3.05) is 19.6 Å². The molecule has 1 heterocycles. The van der Waals surface area contributed by atoms with E-state index in [9.17, 15) is 8.42 Å². The Kier molecular flexibility index (Phi) is 6.26. The van der Waals surface area contributed by atoms with Gasteiger partial charge >= 0.3 is 0 Å². The number of piperidine rings is 1. The quantitative estimate of drug-likeness (QED) is 0.890. The molecule has 0 spiro atoms. The summed E-state index contributed by atoms with van der Waals surface area (Å²) in [5.41, 5.74) is 0.956. The largest absolute Gasteiger partial charge is 0.316 e. The zero-order valence-electron chi connectivity index (χ0n) is 11.1. The molecule has 2 N–H and O–H groups in total. The lowest BCUT2D eigenvalue weighted by Gasteiger charge is -2.22. The molecule has 4 nitrogen and oxygen atoms in total. The number of sulfonamides is 1. The van der Waals surface area contributed by atoms with E-state index < -0.39 is 10.0 Å². The van der Waals surface area contributed by atoms with Crippen LogP contribution in [0.2, 0.25) is 0 Å². The molecule has 1 aliphatic heterocycles. The van der Waals surface area contributed by atoms with E-state index >= 15 is 0 Å². The summed E-state index contributed by atoms with van der Waals surface area (Å²) in [5, 5.41) is 3.29. The second kappa shape index (κ2) is 7.24. The summed E-state index contributed by atoms with van der Waals surface area (Å²) in [6.07, 6.45) is 2.21. The van der Waals surface area contributed by atoms with E-state index in [1.165, 1.54) is 0 Å². The fourth-order valence-electron chi connectivity index (χ4n) is 2.19. The van der Waals surface area contributed by atoms with Gasteiger partial charge in [-0.3, -0.25) is 0 Å². The Balaban J connectivity index is 0.00000180. The second-order valence-corrected chi connectivity index (χ2v) is 6.65. The van der Waals surface area contributed by atoms with Crippen molar-refractivity contribution in [3.8, 4) is 0 Å². The maximum Gasteiger partial charge on any atom is 0.240 e. The van der Waals surface area contributed by atoms with Crippen molar-refractivity contribution in [2.45, 2.75) is 24.7 Å². The highest BCUT2D eigenvalue weighted by molar-refractivity contribution is 7.89. The number of halogens is 1. The topological polar surface area (TPSA) is 58.2 Å². The van der Waals surface area contributed by atoms with E-state index in [-0.39, 0.29) is 12.4 Å². The number of nitrogens with one attached hydrogen (secondary N) is 2. The molecule has 6 heteroatoms. The Bertz CT molecular complexity index is 499. The van der Waals surface area contributed by atoms with Crippen LogP contribution in [-0.4, -0.2) is 28.1 Å². The lowest BCUT2D eigenvalue weighted by Crippen LogP contribution is -2.38. The minimum Gasteiger partial charge on any atom is -0.316 e. The summed E-state index contributed by atoms with van der Waals surface area (Å²) in [5.74, 6) is 0.401. The molecule has 0 bridgehead atoms. The second-order valence-electron chi connectivity index (χ2n) is 4.88. The van der Waals surface area contributed by atoms with Gasteiger partial charge in [0.25, 0.3) is 0 Å². The smallest absolute Gasteiger partial charge is 0.240 e. The molecule has 0 aromatic heterocycles. The first-order chi connectivity index (χ1) is 8.58. The van der Waals surface area contributed by atoms with E-state index in [0.717, 1.165) is 31.5 Å². The van der Waals surface area contributed by atoms with E-state index in [0.29, 0.717) is 17.4 Å². The number of hydrogen-bond donors (Lipinski definition) is 2. The molecule has 108 valence electrons. The van der Waals surface area contributed by atoms with E-state index in [4.69, 9.17) is 0 Å². The van der Waals surface area contributed by atoms with Crippen molar-refractivity contribution in [3.63, 3.8) is 0 Å². The highest BCUT2D eigenvalue weighted by Gasteiger charge is 2.18. The van der Waals surface area contributed by atoms with Crippen LogP contribution in [-0.2, 0) is 10.0 Å². The first kappa shape index (κ1) is 16.4. The molecule has 1 saturated heterocycles. The predicted octanol–water partition coefficient (Wildman–Crippen LogP) is 1.69. The maximum atomic E-state index is 12.1. The Labute approximate surface area is 121 Å². The third kappa shape index (κ3) is 4.76. The van der Waals surface area contributed by atoms with Crippen LogP contribution in [0.5, 0.6) is 0 Å². The minimum atomic E-state index is -3.36. The molecular weight excluding hydrogens is 284 g/mol. The average molecular weight is 305 g/mol. The molecule has 19 heavy (non-hydrogen) atoms. The molecule has 0 radical (unpaired) electrons. The molecule has 1 atom stereocenters. The van der Waals surface area contributed by atoms with Crippen LogP contribution in [0.3, 0.4) is 0 Å². The third-order valence-electron chi connectivity index (χ3n) is 3.26. The van der Waals surface area contributed by atoms with E-state index in [1.54, 1.807) is 18.2 Å². The van der Waals surface area contributed by atoms with Gasteiger partial charge in [0.1, 0.15) is 0 Å². The zero-order chi connectivity index (χ0) is 13.0. The van der Waals surface area contributed by atoms with Gasteiger partial charge in [0, 0.05) is 6.54 Å². The van der Waals surface area contributed by atoms with Crippen LogP contribution in [0.25, 0.3) is 0 Å². The Morgan fingerprint density at radius 3 is 2.84 bits per heavy atom. The first-order valence-electron chi connectivity index (χ1n) is 6.35. The van der Waals surface area contributed by atoms with E-state index in [1.807, 2.05) is 13.0 Å². The Morgan fingerprint density at radius 1 is 1.42 bits per heavy atom. The normalized spacial score (nSPS) is 19.7. The SMILES string of the molecule is Cc1cccc(S(=O)(=O)NCC2CCCNC2)c1.Cl. The number of hydrogen-bond acceptors (Lipinski definition) is 3. The van der Waals surface area contributed by atoms with Gasteiger partial charge in [0.05, 0.1) is 4.90 Å². The van der Waals surface area contributed by atoms with Crippen molar-refractivity contribution in [1.29, 1.82) is 0 Å². The van der Waals surface area contributed by atoms with Crippen LogP contribution >= 0.6 is 12.4 Å². The third-order valence-corrected chi connectivity index (χ3v) is 4.68. The fraction of sp³-hybridized carbons (Fsp3) is 0.538. The predicted molar refractivity (Wildman–Crippen MR) is 79.2 cm³/mol. The molecule has 1 aromatic rings. The summed E-state index contributed by atoms with van der Waals surface area (Å²) in [6, 6.07) is 6.99. The van der Waals surface area contributed by atoms with Crippen LogP contribution in [0.15, 0.2) is 29.2 Å². The van der Waals surface area contributed by atoms with Gasteiger partial charge in [-0.05, 0) is 56.5 Å². The van der Waals surface area contributed by atoms with Gasteiger partial charge in [0.15, 0.2) is 0 Å². The molecule has 1 aromatic carbocycles. The average Bonchev–Trinajstić information content (AvgIpc) is 2.38. The van der Waals surface area contributed by atoms with Crippen LogP contribution in [0, 0.1) is 12.8 Å². The Morgan fingerprint density at radius 2 is 2.21 bits per heavy atom. The van der Waals surface area contributed by atoms with Gasteiger partial charge in [-0.1, -0.05) is 12.1 Å². The summed E-state index contributed by atoms with van der Waals surface area (Å²) in [7, 11) is -3.36. The van der Waals surface area contributed by atoms with Gasteiger partial charge in [-0.15, -0.1) is 12.4 Å². The highest BCUT2D eigenvalue weighted by Crippen LogP contribution is 2.13.